The van der Waals surface area contributed by atoms with E-state index in [1.165, 1.54) is 4.88 Å². The first-order valence-electron chi connectivity index (χ1n) is 6.04. The lowest BCUT2D eigenvalue weighted by atomic mass is 9.99. The average Bonchev–Trinajstić information content (AvgIpc) is 2.76. The summed E-state index contributed by atoms with van der Waals surface area (Å²) in [6.07, 6.45) is 3.84. The van der Waals surface area contributed by atoms with Crippen LogP contribution in [0.5, 0.6) is 0 Å². The van der Waals surface area contributed by atoms with Crippen LogP contribution in [0.2, 0.25) is 0 Å². The lowest BCUT2D eigenvalue weighted by molar-refractivity contribution is -0.148. The zero-order chi connectivity index (χ0) is 12.3. The number of hydrogen-bond acceptors (Lipinski definition) is 5. The molecular formula is C12H18N2O2S. The summed E-state index contributed by atoms with van der Waals surface area (Å²) in [6.45, 7) is 6.09. The number of rotatable bonds is 3. The van der Waals surface area contributed by atoms with E-state index in [9.17, 15) is 4.79 Å². The van der Waals surface area contributed by atoms with Crippen LogP contribution >= 0.6 is 11.3 Å². The molecular weight excluding hydrogens is 236 g/mol. The first-order chi connectivity index (χ1) is 8.20. The third-order valence-electron chi connectivity index (χ3n) is 2.92. The van der Waals surface area contributed by atoms with Crippen LogP contribution in [0.3, 0.4) is 0 Å². The molecule has 0 amide bonds. The van der Waals surface area contributed by atoms with Crippen LogP contribution < -0.4 is 4.90 Å². The third kappa shape index (κ3) is 2.97. The van der Waals surface area contributed by atoms with Crippen molar-refractivity contribution in [3.63, 3.8) is 0 Å². The fourth-order valence-electron chi connectivity index (χ4n) is 2.09. The van der Waals surface area contributed by atoms with Crippen LogP contribution in [-0.2, 0) is 9.53 Å². The van der Waals surface area contributed by atoms with Crippen molar-refractivity contribution in [3.05, 3.63) is 11.1 Å². The summed E-state index contributed by atoms with van der Waals surface area (Å²) in [4.78, 5) is 19.5. The fraction of sp³-hybridized carbons (Fsp3) is 0.667. The minimum atomic E-state index is -0.0644. The van der Waals surface area contributed by atoms with Crippen molar-refractivity contribution in [3.8, 4) is 0 Å². The van der Waals surface area contributed by atoms with Crippen LogP contribution in [0.25, 0.3) is 0 Å². The number of nitrogens with zero attached hydrogens (tertiary/aromatic N) is 2. The van der Waals surface area contributed by atoms with Crippen molar-refractivity contribution >= 4 is 22.4 Å². The maximum absolute atomic E-state index is 11.7. The van der Waals surface area contributed by atoms with E-state index in [2.05, 4.69) is 9.88 Å². The molecule has 4 nitrogen and oxygen atoms in total. The van der Waals surface area contributed by atoms with E-state index >= 15 is 0 Å². The highest BCUT2D eigenvalue weighted by atomic mass is 32.1. The molecule has 0 saturated carbocycles. The maximum Gasteiger partial charge on any atom is 0.310 e. The average molecular weight is 254 g/mol. The molecule has 0 bridgehead atoms. The van der Waals surface area contributed by atoms with Gasteiger partial charge in [-0.15, -0.1) is 11.3 Å². The monoisotopic (exact) mass is 254 g/mol. The first-order valence-corrected chi connectivity index (χ1v) is 6.86. The van der Waals surface area contributed by atoms with Gasteiger partial charge in [-0.3, -0.25) is 4.79 Å². The Morgan fingerprint density at radius 2 is 2.53 bits per heavy atom. The molecule has 1 aromatic rings. The van der Waals surface area contributed by atoms with E-state index in [4.69, 9.17) is 4.74 Å². The zero-order valence-electron chi connectivity index (χ0n) is 10.3. The molecule has 1 unspecified atom stereocenters. The summed E-state index contributed by atoms with van der Waals surface area (Å²) in [5, 5.41) is 1.02. The molecule has 1 aliphatic heterocycles. The molecule has 17 heavy (non-hydrogen) atoms. The molecule has 1 atom stereocenters. The molecule has 1 aromatic heterocycles. The number of hydrogen-bond donors (Lipinski definition) is 0. The fourth-order valence-corrected chi connectivity index (χ4v) is 2.89. The number of piperidine rings is 1. The van der Waals surface area contributed by atoms with Gasteiger partial charge in [0.05, 0.1) is 12.5 Å². The second-order valence-electron chi connectivity index (χ2n) is 4.29. The standard InChI is InChI=1S/C12H18N2O2S/c1-3-16-11(15)10-5-4-6-14(8-10)12-13-7-9(2)17-12/h7,10H,3-6,8H2,1-2H3. The van der Waals surface area contributed by atoms with Crippen LogP contribution in [0, 0.1) is 12.8 Å². The third-order valence-corrected chi connectivity index (χ3v) is 3.89. The maximum atomic E-state index is 11.7. The van der Waals surface area contributed by atoms with Gasteiger partial charge in [0.25, 0.3) is 0 Å². The smallest absolute Gasteiger partial charge is 0.310 e. The van der Waals surface area contributed by atoms with Crippen molar-refractivity contribution in [2.24, 2.45) is 5.92 Å². The summed E-state index contributed by atoms with van der Waals surface area (Å²) < 4.78 is 5.09. The predicted octanol–water partition coefficient (Wildman–Crippen LogP) is 2.23. The topological polar surface area (TPSA) is 42.4 Å². The number of carbonyl (C=O) groups excluding carboxylic acids is 1. The molecule has 0 radical (unpaired) electrons. The largest absolute Gasteiger partial charge is 0.466 e. The first kappa shape index (κ1) is 12.4. The van der Waals surface area contributed by atoms with Crippen LogP contribution in [0.4, 0.5) is 5.13 Å². The van der Waals surface area contributed by atoms with Gasteiger partial charge in [-0.1, -0.05) is 0 Å². The number of thiazole rings is 1. The molecule has 5 heteroatoms. The van der Waals surface area contributed by atoms with E-state index in [0.717, 1.165) is 31.1 Å². The normalized spacial score (nSPS) is 20.4. The summed E-state index contributed by atoms with van der Waals surface area (Å²) in [6, 6.07) is 0. The van der Waals surface area contributed by atoms with Crippen molar-refractivity contribution in [1.82, 2.24) is 4.98 Å². The Morgan fingerprint density at radius 1 is 1.71 bits per heavy atom. The van der Waals surface area contributed by atoms with Gasteiger partial charge in [-0.05, 0) is 26.7 Å². The van der Waals surface area contributed by atoms with Crippen LogP contribution in [0.15, 0.2) is 6.20 Å². The number of esters is 1. The second-order valence-corrected chi connectivity index (χ2v) is 5.50. The molecule has 0 aromatic carbocycles. The van der Waals surface area contributed by atoms with Crippen LogP contribution in [-0.4, -0.2) is 30.6 Å². The van der Waals surface area contributed by atoms with Gasteiger partial charge < -0.3 is 9.64 Å². The van der Waals surface area contributed by atoms with Gasteiger partial charge in [0.1, 0.15) is 0 Å². The van der Waals surface area contributed by atoms with E-state index in [1.807, 2.05) is 20.0 Å². The number of anilines is 1. The molecule has 2 heterocycles. The Morgan fingerprint density at radius 3 is 3.18 bits per heavy atom. The van der Waals surface area contributed by atoms with Gasteiger partial charge in [0, 0.05) is 24.2 Å². The molecule has 2 rings (SSSR count). The van der Waals surface area contributed by atoms with E-state index in [1.54, 1.807) is 11.3 Å². The quantitative estimate of drug-likeness (QED) is 0.776. The predicted molar refractivity (Wildman–Crippen MR) is 68.4 cm³/mol. The van der Waals surface area contributed by atoms with E-state index < -0.39 is 0 Å². The van der Waals surface area contributed by atoms with Crippen molar-refractivity contribution < 1.29 is 9.53 Å². The van der Waals surface area contributed by atoms with E-state index in [0.29, 0.717) is 6.61 Å². The van der Waals surface area contributed by atoms with Crippen LogP contribution in [0.1, 0.15) is 24.6 Å². The second kappa shape index (κ2) is 5.49. The van der Waals surface area contributed by atoms with Gasteiger partial charge >= 0.3 is 5.97 Å². The van der Waals surface area contributed by atoms with Crippen molar-refractivity contribution in [2.75, 3.05) is 24.6 Å². The van der Waals surface area contributed by atoms with Gasteiger partial charge in [0.2, 0.25) is 0 Å². The Labute approximate surface area is 106 Å². The Bertz CT molecular complexity index is 392. The highest BCUT2D eigenvalue weighted by Gasteiger charge is 2.27. The lowest BCUT2D eigenvalue weighted by Gasteiger charge is -2.31. The van der Waals surface area contributed by atoms with Gasteiger partial charge in [-0.2, -0.15) is 0 Å². The molecule has 0 spiro atoms. The minimum absolute atomic E-state index is 0.00732. The Balaban J connectivity index is 1.99. The molecule has 1 fully saturated rings. The summed E-state index contributed by atoms with van der Waals surface area (Å²) >= 11 is 1.68. The lowest BCUT2D eigenvalue weighted by Crippen LogP contribution is -2.39. The number of ether oxygens (including phenoxy) is 1. The summed E-state index contributed by atoms with van der Waals surface area (Å²) in [7, 11) is 0. The SMILES string of the molecule is CCOC(=O)C1CCCN(c2ncc(C)s2)C1. The molecule has 94 valence electrons. The highest BCUT2D eigenvalue weighted by molar-refractivity contribution is 7.15. The highest BCUT2D eigenvalue weighted by Crippen LogP contribution is 2.27. The van der Waals surface area contributed by atoms with Crippen molar-refractivity contribution in [2.45, 2.75) is 26.7 Å². The minimum Gasteiger partial charge on any atom is -0.466 e. The zero-order valence-corrected chi connectivity index (χ0v) is 11.1. The van der Waals surface area contributed by atoms with Gasteiger partial charge in [0.15, 0.2) is 5.13 Å². The van der Waals surface area contributed by atoms with Gasteiger partial charge in [-0.25, -0.2) is 4.98 Å². The Kier molecular flexibility index (Phi) is 3.99. The van der Waals surface area contributed by atoms with E-state index in [-0.39, 0.29) is 11.9 Å². The number of aromatic nitrogens is 1. The molecule has 1 saturated heterocycles. The summed E-state index contributed by atoms with van der Waals surface area (Å²) in [5.74, 6) is -0.0571. The van der Waals surface area contributed by atoms with Crippen molar-refractivity contribution in [1.29, 1.82) is 0 Å². The molecule has 1 aliphatic rings. The number of carbonyl (C=O) groups is 1. The molecule has 0 N–H and O–H groups in total. The number of aryl methyl sites for hydroxylation is 1. The summed E-state index contributed by atoms with van der Waals surface area (Å²) in [5.41, 5.74) is 0. The molecule has 0 aliphatic carbocycles. The Hall–Kier alpha value is -1.10.